The van der Waals surface area contributed by atoms with Gasteiger partial charge in [0.1, 0.15) is 0 Å². The van der Waals surface area contributed by atoms with Gasteiger partial charge in [0.2, 0.25) is 5.91 Å². The first-order valence-electron chi connectivity index (χ1n) is 16.2. The van der Waals surface area contributed by atoms with Gasteiger partial charge in [-0.2, -0.15) is 8.42 Å². The maximum atomic E-state index is 12.4. The van der Waals surface area contributed by atoms with Crippen LogP contribution in [0.2, 0.25) is 0 Å². The molecule has 0 aliphatic rings. The highest BCUT2D eigenvalue weighted by Gasteiger charge is 2.24. The van der Waals surface area contributed by atoms with Crippen LogP contribution in [0.5, 0.6) is 0 Å². The van der Waals surface area contributed by atoms with E-state index < -0.39 is 28.0 Å². The summed E-state index contributed by atoms with van der Waals surface area (Å²) in [5.74, 6) is -1.02. The standard InChI is InChI=1S/C33H61NO5S/c1-3-5-7-9-11-13-15-17-18-20-22-24-26-28-32(35)31(30-40(37,38)39)34-33(36)29-27-25-23-21-19-16-14-12-10-8-6-4-2/h12,14,18,20,26,28,31-32,35H,3-11,13,15-17,19,21-25,27,29-30H2,1-2H3,(H,34,36)(H,37,38,39)/b14-12-,20-18+,28-26+. The third kappa shape index (κ3) is 28.1. The Balaban J connectivity index is 4.15. The van der Waals surface area contributed by atoms with Gasteiger partial charge in [-0.15, -0.1) is 0 Å². The second-order valence-electron chi connectivity index (χ2n) is 11.1. The van der Waals surface area contributed by atoms with E-state index in [1.807, 2.05) is 0 Å². The van der Waals surface area contributed by atoms with Gasteiger partial charge in [0, 0.05) is 6.42 Å². The summed E-state index contributed by atoms with van der Waals surface area (Å²) in [6, 6.07) is -1.07. The lowest BCUT2D eigenvalue weighted by atomic mass is 10.1. The van der Waals surface area contributed by atoms with Gasteiger partial charge in [0.05, 0.1) is 17.9 Å². The minimum absolute atomic E-state index is 0.277. The van der Waals surface area contributed by atoms with Crippen LogP contribution in [0, 0.1) is 0 Å². The van der Waals surface area contributed by atoms with Crippen molar-refractivity contribution in [1.29, 1.82) is 0 Å². The first-order valence-corrected chi connectivity index (χ1v) is 17.8. The second kappa shape index (κ2) is 27.7. The van der Waals surface area contributed by atoms with Crippen LogP contribution >= 0.6 is 0 Å². The van der Waals surface area contributed by atoms with Crippen molar-refractivity contribution in [2.24, 2.45) is 0 Å². The zero-order valence-electron chi connectivity index (χ0n) is 25.7. The van der Waals surface area contributed by atoms with Gasteiger partial charge in [-0.25, -0.2) is 0 Å². The lowest BCUT2D eigenvalue weighted by Crippen LogP contribution is -2.46. The number of unbranched alkanes of at least 4 members (excludes halogenated alkanes) is 16. The van der Waals surface area contributed by atoms with E-state index in [4.69, 9.17) is 0 Å². The summed E-state index contributed by atoms with van der Waals surface area (Å²) in [6.45, 7) is 4.45. The van der Waals surface area contributed by atoms with Crippen molar-refractivity contribution < 1.29 is 22.9 Å². The molecule has 2 atom stereocenters. The lowest BCUT2D eigenvalue weighted by molar-refractivity contribution is -0.122. The number of rotatable bonds is 28. The summed E-state index contributed by atoms with van der Waals surface area (Å²) in [5, 5.41) is 13.1. The van der Waals surface area contributed by atoms with Crippen molar-refractivity contribution >= 4 is 16.0 Å². The van der Waals surface area contributed by atoms with Crippen LogP contribution < -0.4 is 5.32 Å². The Hall–Kier alpha value is -1.44. The molecule has 0 heterocycles. The number of carbonyl (C=O) groups excluding carboxylic acids is 1. The third-order valence-corrected chi connectivity index (χ3v) is 7.82. The van der Waals surface area contributed by atoms with Crippen LogP contribution in [-0.2, 0) is 14.9 Å². The summed E-state index contributed by atoms with van der Waals surface area (Å²) >= 11 is 0. The Morgan fingerprint density at radius 2 is 1.07 bits per heavy atom. The molecule has 0 bridgehead atoms. The highest BCUT2D eigenvalue weighted by molar-refractivity contribution is 7.85. The molecular formula is C33H61NO5S. The largest absolute Gasteiger partial charge is 0.387 e. The number of hydrogen-bond acceptors (Lipinski definition) is 4. The summed E-state index contributed by atoms with van der Waals surface area (Å²) in [5.41, 5.74) is 0. The van der Waals surface area contributed by atoms with Crippen molar-refractivity contribution in [1.82, 2.24) is 5.32 Å². The molecule has 0 aromatic carbocycles. The molecule has 0 spiro atoms. The molecule has 3 N–H and O–H groups in total. The van der Waals surface area contributed by atoms with Crippen LogP contribution in [0.3, 0.4) is 0 Å². The molecule has 2 unspecified atom stereocenters. The fourth-order valence-electron chi connectivity index (χ4n) is 4.57. The monoisotopic (exact) mass is 583 g/mol. The van der Waals surface area contributed by atoms with Crippen LogP contribution in [0.25, 0.3) is 0 Å². The molecule has 0 aliphatic heterocycles. The quantitative estimate of drug-likeness (QED) is 0.0486. The normalized spacial score (nSPS) is 14.0. The van der Waals surface area contributed by atoms with E-state index in [1.165, 1.54) is 76.7 Å². The Bertz CT molecular complexity index is 776. The van der Waals surface area contributed by atoms with Crippen molar-refractivity contribution in [2.75, 3.05) is 5.75 Å². The molecular weight excluding hydrogens is 522 g/mol. The summed E-state index contributed by atoms with van der Waals surface area (Å²) in [4.78, 5) is 12.4. The predicted molar refractivity (Wildman–Crippen MR) is 170 cm³/mol. The van der Waals surface area contributed by atoms with Crippen molar-refractivity contribution in [3.8, 4) is 0 Å². The fourth-order valence-corrected chi connectivity index (χ4v) is 5.31. The van der Waals surface area contributed by atoms with Gasteiger partial charge in [-0.1, -0.05) is 121 Å². The average molecular weight is 584 g/mol. The van der Waals surface area contributed by atoms with Crippen LogP contribution in [-0.4, -0.2) is 41.9 Å². The van der Waals surface area contributed by atoms with E-state index >= 15 is 0 Å². The number of amides is 1. The lowest BCUT2D eigenvalue weighted by Gasteiger charge is -2.21. The van der Waals surface area contributed by atoms with Crippen molar-refractivity contribution in [2.45, 2.75) is 161 Å². The highest BCUT2D eigenvalue weighted by Crippen LogP contribution is 2.11. The Labute approximate surface area is 246 Å². The molecule has 0 aliphatic carbocycles. The van der Waals surface area contributed by atoms with Crippen molar-refractivity contribution in [3.63, 3.8) is 0 Å². The maximum Gasteiger partial charge on any atom is 0.267 e. The van der Waals surface area contributed by atoms with E-state index in [2.05, 4.69) is 43.5 Å². The van der Waals surface area contributed by atoms with E-state index in [0.717, 1.165) is 44.9 Å². The molecule has 7 heteroatoms. The molecule has 0 aromatic rings. The summed E-state index contributed by atoms with van der Waals surface area (Å²) < 4.78 is 32.2. The number of aliphatic hydroxyl groups is 1. The Kier molecular flexibility index (Phi) is 26.7. The maximum absolute atomic E-state index is 12.4. The second-order valence-corrected chi connectivity index (χ2v) is 12.6. The Morgan fingerprint density at radius 3 is 1.62 bits per heavy atom. The van der Waals surface area contributed by atoms with E-state index in [1.54, 1.807) is 6.08 Å². The van der Waals surface area contributed by atoms with Crippen LogP contribution in [0.15, 0.2) is 36.5 Å². The minimum atomic E-state index is -4.34. The molecule has 0 saturated heterocycles. The van der Waals surface area contributed by atoms with Gasteiger partial charge >= 0.3 is 0 Å². The topological polar surface area (TPSA) is 104 Å². The third-order valence-electron chi connectivity index (χ3n) is 7.04. The number of aliphatic hydroxyl groups excluding tert-OH is 1. The number of hydrogen-bond donors (Lipinski definition) is 3. The smallest absolute Gasteiger partial charge is 0.267 e. The van der Waals surface area contributed by atoms with Gasteiger partial charge in [-0.05, 0) is 57.8 Å². The number of allylic oxidation sites excluding steroid dienone is 5. The molecule has 0 fully saturated rings. The van der Waals surface area contributed by atoms with E-state index in [-0.39, 0.29) is 12.3 Å². The van der Waals surface area contributed by atoms with Gasteiger partial charge in [0.25, 0.3) is 10.1 Å². The number of nitrogens with one attached hydrogen (secondary N) is 1. The zero-order chi connectivity index (χ0) is 29.7. The van der Waals surface area contributed by atoms with Gasteiger partial charge in [0.15, 0.2) is 0 Å². The molecule has 1 amide bonds. The average Bonchev–Trinajstić information content (AvgIpc) is 2.90. The first kappa shape index (κ1) is 38.6. The number of carbonyl (C=O) groups is 1. The fraction of sp³-hybridized carbons (Fsp3) is 0.788. The van der Waals surface area contributed by atoms with Crippen LogP contribution in [0.1, 0.15) is 149 Å². The summed E-state index contributed by atoms with van der Waals surface area (Å²) in [7, 11) is -4.34. The molecule has 6 nitrogen and oxygen atoms in total. The zero-order valence-corrected chi connectivity index (χ0v) is 26.5. The summed E-state index contributed by atoms with van der Waals surface area (Å²) in [6.07, 6.45) is 34.1. The predicted octanol–water partition coefficient (Wildman–Crippen LogP) is 8.62. The SMILES string of the molecule is CCCCC/C=C\CCCCCCCC(=O)NC(CS(=O)(=O)O)C(O)/C=C/CC/C=C/CCCCCCCCC. The van der Waals surface area contributed by atoms with Crippen molar-refractivity contribution in [3.05, 3.63) is 36.5 Å². The van der Waals surface area contributed by atoms with Gasteiger partial charge in [-0.3, -0.25) is 9.35 Å². The molecule has 0 radical (unpaired) electrons. The molecule has 0 saturated carbocycles. The molecule has 0 rings (SSSR count). The Morgan fingerprint density at radius 1 is 0.650 bits per heavy atom. The molecule has 0 aromatic heterocycles. The first-order chi connectivity index (χ1) is 19.3. The van der Waals surface area contributed by atoms with Gasteiger partial charge < -0.3 is 10.4 Å². The molecule has 40 heavy (non-hydrogen) atoms. The van der Waals surface area contributed by atoms with Crippen LogP contribution in [0.4, 0.5) is 0 Å². The highest BCUT2D eigenvalue weighted by atomic mass is 32.2. The minimum Gasteiger partial charge on any atom is -0.387 e. The van der Waals surface area contributed by atoms with E-state index in [0.29, 0.717) is 12.8 Å². The van der Waals surface area contributed by atoms with E-state index in [9.17, 15) is 22.9 Å². The molecule has 234 valence electrons.